The topological polar surface area (TPSA) is 113 Å². The number of sulfonamides is 1. The molecule has 2 fully saturated rings. The van der Waals surface area contributed by atoms with E-state index in [2.05, 4.69) is 14.9 Å². The molecule has 2 atom stereocenters. The summed E-state index contributed by atoms with van der Waals surface area (Å²) in [5.74, 6) is -1.14. The van der Waals surface area contributed by atoms with E-state index in [1.807, 2.05) is 0 Å². The van der Waals surface area contributed by atoms with E-state index >= 15 is 0 Å². The fraction of sp³-hybridized carbons (Fsp3) is 0.409. The van der Waals surface area contributed by atoms with Crippen LogP contribution in [0, 0.1) is 12.7 Å². The molecule has 2 aromatic rings. The number of hydrogen-bond acceptors (Lipinski definition) is 6. The van der Waals surface area contributed by atoms with Crippen LogP contribution in [0.15, 0.2) is 47.4 Å². The van der Waals surface area contributed by atoms with Gasteiger partial charge in [0.15, 0.2) is 9.84 Å². The van der Waals surface area contributed by atoms with Crippen molar-refractivity contribution in [2.75, 3.05) is 29.3 Å². The van der Waals surface area contributed by atoms with Gasteiger partial charge in [0.1, 0.15) is 5.82 Å². The number of hydrogen-bond donors (Lipinski definition) is 2. The van der Waals surface area contributed by atoms with E-state index in [9.17, 15) is 26.0 Å². The van der Waals surface area contributed by atoms with Crippen LogP contribution >= 0.6 is 0 Å². The second-order valence-corrected chi connectivity index (χ2v) is 12.4. The molecule has 0 aliphatic carbocycles. The van der Waals surface area contributed by atoms with Crippen LogP contribution in [-0.4, -0.2) is 64.3 Å². The summed E-state index contributed by atoms with van der Waals surface area (Å²) in [4.78, 5) is 15.1. The van der Waals surface area contributed by atoms with Gasteiger partial charge in [-0.15, -0.1) is 0 Å². The minimum absolute atomic E-state index is 0.00688. The molecule has 2 saturated heterocycles. The number of nitrogens with one attached hydrogen (secondary N) is 2. The molecule has 4 rings (SSSR count). The van der Waals surface area contributed by atoms with Gasteiger partial charge in [0.05, 0.1) is 22.4 Å². The van der Waals surface area contributed by atoms with Gasteiger partial charge in [-0.3, -0.25) is 14.4 Å². The highest BCUT2D eigenvalue weighted by atomic mass is 32.2. The summed E-state index contributed by atoms with van der Waals surface area (Å²) < 4.78 is 65.7. The van der Waals surface area contributed by atoms with Crippen LogP contribution in [0.4, 0.5) is 10.1 Å². The number of likely N-dealkylation sites (tertiary alicyclic amines) is 1. The second-order valence-electron chi connectivity index (χ2n) is 8.56. The Morgan fingerprint density at radius 2 is 1.73 bits per heavy atom. The Morgan fingerprint density at radius 1 is 1.06 bits per heavy atom. The standard InChI is InChI=1S/C22H26FN3O5S2/c1-15-4-9-18(33(30,31)25-17-7-5-16(23)6-8-17)12-19(15)22(27)24-20-13-32(28,29)14-21(20)26-10-2-3-11-26/h4-9,12,20-21,25H,2-3,10-11,13-14H2,1H3,(H,24,27). The van der Waals surface area contributed by atoms with Crippen molar-refractivity contribution >= 4 is 31.5 Å². The minimum Gasteiger partial charge on any atom is -0.347 e. The monoisotopic (exact) mass is 495 g/mol. The third-order valence-corrected chi connectivity index (χ3v) is 9.20. The van der Waals surface area contributed by atoms with Gasteiger partial charge in [-0.1, -0.05) is 6.07 Å². The molecule has 0 saturated carbocycles. The second kappa shape index (κ2) is 9.03. The van der Waals surface area contributed by atoms with Crippen molar-refractivity contribution in [3.8, 4) is 0 Å². The van der Waals surface area contributed by atoms with E-state index in [-0.39, 0.29) is 33.7 Å². The minimum atomic E-state index is -4.03. The zero-order valence-electron chi connectivity index (χ0n) is 18.1. The molecule has 0 spiro atoms. The Hall–Kier alpha value is -2.50. The highest BCUT2D eigenvalue weighted by Crippen LogP contribution is 2.24. The number of carbonyl (C=O) groups is 1. The lowest BCUT2D eigenvalue weighted by molar-refractivity contribution is 0.0918. The summed E-state index contributed by atoms with van der Waals surface area (Å²) in [6, 6.07) is 8.21. The predicted octanol–water partition coefficient (Wildman–Crippen LogP) is 1.93. The van der Waals surface area contributed by atoms with Crippen LogP contribution in [0.3, 0.4) is 0 Å². The lowest BCUT2D eigenvalue weighted by Gasteiger charge is -2.28. The number of anilines is 1. The number of sulfone groups is 1. The number of benzene rings is 2. The van der Waals surface area contributed by atoms with E-state index in [1.165, 1.54) is 30.3 Å². The molecule has 2 unspecified atom stereocenters. The summed E-state index contributed by atoms with van der Waals surface area (Å²) in [7, 11) is -7.30. The first-order valence-electron chi connectivity index (χ1n) is 10.7. The van der Waals surface area contributed by atoms with Crippen LogP contribution in [0.1, 0.15) is 28.8 Å². The van der Waals surface area contributed by atoms with E-state index in [0.717, 1.165) is 38.1 Å². The van der Waals surface area contributed by atoms with E-state index in [0.29, 0.717) is 5.56 Å². The summed E-state index contributed by atoms with van der Waals surface area (Å²) in [6.45, 7) is 3.28. The number of carbonyl (C=O) groups excluding carboxylic acids is 1. The molecule has 2 aliphatic rings. The maximum absolute atomic E-state index is 13.1. The first-order chi connectivity index (χ1) is 15.5. The number of halogens is 1. The third-order valence-electron chi connectivity index (χ3n) is 6.11. The number of amides is 1. The Balaban J connectivity index is 1.55. The average molecular weight is 496 g/mol. The summed E-state index contributed by atoms with van der Waals surface area (Å²) >= 11 is 0. The van der Waals surface area contributed by atoms with Crippen LogP contribution in [0.2, 0.25) is 0 Å². The lowest BCUT2D eigenvalue weighted by Crippen LogP contribution is -2.50. The van der Waals surface area contributed by atoms with Crippen LogP contribution in [-0.2, 0) is 19.9 Å². The summed E-state index contributed by atoms with van der Waals surface area (Å²) in [6.07, 6.45) is 1.99. The quantitative estimate of drug-likeness (QED) is 0.633. The van der Waals surface area contributed by atoms with Gasteiger partial charge in [0, 0.05) is 17.3 Å². The number of rotatable bonds is 6. The molecule has 8 nitrogen and oxygen atoms in total. The number of nitrogens with zero attached hydrogens (tertiary/aromatic N) is 1. The molecule has 2 aliphatic heterocycles. The van der Waals surface area contributed by atoms with Gasteiger partial charge in [-0.2, -0.15) is 0 Å². The molecular weight excluding hydrogens is 469 g/mol. The SMILES string of the molecule is Cc1ccc(S(=O)(=O)Nc2ccc(F)cc2)cc1C(=O)NC1CS(=O)(=O)CC1N1CCCC1. The molecule has 0 radical (unpaired) electrons. The third kappa shape index (κ3) is 5.36. The fourth-order valence-electron chi connectivity index (χ4n) is 4.39. The molecule has 1 amide bonds. The molecule has 0 bridgehead atoms. The average Bonchev–Trinajstić information content (AvgIpc) is 3.37. The maximum atomic E-state index is 13.1. The van der Waals surface area contributed by atoms with Crippen molar-refractivity contribution < 1.29 is 26.0 Å². The van der Waals surface area contributed by atoms with Crippen molar-refractivity contribution in [2.24, 2.45) is 0 Å². The summed E-state index contributed by atoms with van der Waals surface area (Å²) in [5.41, 5.74) is 0.904. The molecule has 2 heterocycles. The largest absolute Gasteiger partial charge is 0.347 e. The molecule has 0 aromatic heterocycles. The molecule has 2 N–H and O–H groups in total. The first kappa shape index (κ1) is 23.7. The van der Waals surface area contributed by atoms with E-state index in [4.69, 9.17) is 0 Å². The molecule has 33 heavy (non-hydrogen) atoms. The van der Waals surface area contributed by atoms with Gasteiger partial charge in [0.25, 0.3) is 15.9 Å². The fourth-order valence-corrected chi connectivity index (χ4v) is 7.43. The summed E-state index contributed by atoms with van der Waals surface area (Å²) in [5, 5.41) is 2.84. The van der Waals surface area contributed by atoms with Crippen molar-refractivity contribution in [1.82, 2.24) is 10.2 Å². The van der Waals surface area contributed by atoms with Crippen LogP contribution < -0.4 is 10.0 Å². The van der Waals surface area contributed by atoms with E-state index < -0.39 is 37.6 Å². The normalized spacial score (nSPS) is 22.8. The van der Waals surface area contributed by atoms with Gasteiger partial charge in [-0.05, 0) is 74.8 Å². The van der Waals surface area contributed by atoms with Crippen LogP contribution in [0.5, 0.6) is 0 Å². The smallest absolute Gasteiger partial charge is 0.261 e. The first-order valence-corrected chi connectivity index (χ1v) is 14.0. The highest BCUT2D eigenvalue weighted by molar-refractivity contribution is 7.92. The molecular formula is C22H26FN3O5S2. The Kier molecular flexibility index (Phi) is 6.47. The van der Waals surface area contributed by atoms with Crippen LogP contribution in [0.25, 0.3) is 0 Å². The van der Waals surface area contributed by atoms with Gasteiger partial charge in [0.2, 0.25) is 0 Å². The Morgan fingerprint density at radius 3 is 2.39 bits per heavy atom. The predicted molar refractivity (Wildman–Crippen MR) is 123 cm³/mol. The zero-order valence-corrected chi connectivity index (χ0v) is 19.8. The van der Waals surface area contributed by atoms with Gasteiger partial charge >= 0.3 is 0 Å². The Bertz CT molecular complexity index is 1260. The molecule has 178 valence electrons. The lowest BCUT2D eigenvalue weighted by atomic mass is 10.1. The van der Waals surface area contributed by atoms with Crippen molar-refractivity contribution in [1.29, 1.82) is 0 Å². The number of aryl methyl sites for hydroxylation is 1. The molecule has 11 heteroatoms. The van der Waals surface area contributed by atoms with Gasteiger partial charge in [-0.25, -0.2) is 21.2 Å². The highest BCUT2D eigenvalue weighted by Gasteiger charge is 2.42. The zero-order chi connectivity index (χ0) is 23.8. The maximum Gasteiger partial charge on any atom is 0.261 e. The Labute approximate surface area is 193 Å². The van der Waals surface area contributed by atoms with E-state index in [1.54, 1.807) is 6.92 Å². The molecule has 2 aromatic carbocycles. The van der Waals surface area contributed by atoms with Crippen molar-refractivity contribution in [3.63, 3.8) is 0 Å². The van der Waals surface area contributed by atoms with Crippen molar-refractivity contribution in [3.05, 3.63) is 59.4 Å². The van der Waals surface area contributed by atoms with Gasteiger partial charge < -0.3 is 5.32 Å². The van der Waals surface area contributed by atoms with Crippen molar-refractivity contribution in [2.45, 2.75) is 36.7 Å².